The summed E-state index contributed by atoms with van der Waals surface area (Å²) in [6.07, 6.45) is 3.91. The number of aryl methyl sites for hydroxylation is 1. The SMILES string of the molecule is CCCC1(CN(C)Cc2cccc(C)n2)CCNC1. The summed E-state index contributed by atoms with van der Waals surface area (Å²) < 4.78 is 0. The average Bonchev–Trinajstić information content (AvgIpc) is 2.77. The van der Waals surface area contributed by atoms with Crippen LogP contribution in [0.4, 0.5) is 0 Å². The molecule has 106 valence electrons. The molecular weight excluding hydrogens is 234 g/mol. The van der Waals surface area contributed by atoms with Gasteiger partial charge in [-0.3, -0.25) is 9.88 Å². The highest BCUT2D eigenvalue weighted by Crippen LogP contribution is 2.32. The number of aromatic nitrogens is 1. The highest BCUT2D eigenvalue weighted by atomic mass is 15.1. The maximum absolute atomic E-state index is 4.60. The van der Waals surface area contributed by atoms with Gasteiger partial charge in [-0.15, -0.1) is 0 Å². The van der Waals surface area contributed by atoms with Gasteiger partial charge in [0.2, 0.25) is 0 Å². The van der Waals surface area contributed by atoms with Crippen LogP contribution in [0.1, 0.15) is 37.6 Å². The van der Waals surface area contributed by atoms with Crippen LogP contribution in [0.5, 0.6) is 0 Å². The number of hydrogen-bond donors (Lipinski definition) is 1. The minimum Gasteiger partial charge on any atom is -0.316 e. The molecule has 1 aliphatic heterocycles. The second-order valence-corrected chi connectivity index (χ2v) is 6.12. The Hall–Kier alpha value is -0.930. The minimum atomic E-state index is 0.479. The van der Waals surface area contributed by atoms with Crippen molar-refractivity contribution >= 4 is 0 Å². The second-order valence-electron chi connectivity index (χ2n) is 6.12. The van der Waals surface area contributed by atoms with Crippen LogP contribution in [0.15, 0.2) is 18.2 Å². The van der Waals surface area contributed by atoms with Gasteiger partial charge in [-0.1, -0.05) is 19.4 Å². The number of nitrogens with zero attached hydrogens (tertiary/aromatic N) is 2. The molecule has 1 unspecified atom stereocenters. The molecule has 0 amide bonds. The van der Waals surface area contributed by atoms with Crippen LogP contribution in [-0.4, -0.2) is 36.6 Å². The van der Waals surface area contributed by atoms with Gasteiger partial charge >= 0.3 is 0 Å². The summed E-state index contributed by atoms with van der Waals surface area (Å²) in [4.78, 5) is 7.03. The highest BCUT2D eigenvalue weighted by molar-refractivity contribution is 5.09. The standard InChI is InChI=1S/C16H27N3/c1-4-8-16(9-10-17-12-16)13-19(3)11-15-7-5-6-14(2)18-15/h5-7,17H,4,8-13H2,1-3H3. The van der Waals surface area contributed by atoms with E-state index in [0.717, 1.165) is 12.2 Å². The molecule has 1 saturated heterocycles. The first-order chi connectivity index (χ1) is 9.13. The van der Waals surface area contributed by atoms with Gasteiger partial charge in [-0.25, -0.2) is 0 Å². The molecule has 2 rings (SSSR count). The molecule has 0 aromatic carbocycles. The van der Waals surface area contributed by atoms with E-state index >= 15 is 0 Å². The summed E-state index contributed by atoms with van der Waals surface area (Å²) in [7, 11) is 2.22. The van der Waals surface area contributed by atoms with Crippen molar-refractivity contribution in [1.82, 2.24) is 15.2 Å². The van der Waals surface area contributed by atoms with Gasteiger partial charge in [0.25, 0.3) is 0 Å². The molecule has 0 saturated carbocycles. The third-order valence-corrected chi connectivity index (χ3v) is 4.10. The lowest BCUT2D eigenvalue weighted by Crippen LogP contribution is -2.37. The number of pyridine rings is 1. The van der Waals surface area contributed by atoms with Crippen molar-refractivity contribution in [1.29, 1.82) is 0 Å². The normalized spacial score (nSPS) is 23.2. The fourth-order valence-electron chi connectivity index (χ4n) is 3.35. The van der Waals surface area contributed by atoms with E-state index in [2.05, 4.69) is 54.3 Å². The molecular formula is C16H27N3. The first kappa shape index (κ1) is 14.5. The molecule has 1 aromatic rings. The zero-order chi connectivity index (χ0) is 13.7. The lowest BCUT2D eigenvalue weighted by atomic mass is 9.82. The van der Waals surface area contributed by atoms with E-state index in [1.54, 1.807) is 0 Å². The Balaban J connectivity index is 1.94. The van der Waals surface area contributed by atoms with E-state index in [-0.39, 0.29) is 0 Å². The van der Waals surface area contributed by atoms with Crippen molar-refractivity contribution in [2.45, 2.75) is 39.7 Å². The Morgan fingerprint density at radius 2 is 2.26 bits per heavy atom. The summed E-state index contributed by atoms with van der Waals surface area (Å²) in [6.45, 7) is 8.82. The molecule has 1 fully saturated rings. The zero-order valence-electron chi connectivity index (χ0n) is 12.6. The van der Waals surface area contributed by atoms with Gasteiger partial charge in [-0.2, -0.15) is 0 Å². The summed E-state index contributed by atoms with van der Waals surface area (Å²) >= 11 is 0. The molecule has 1 N–H and O–H groups in total. The van der Waals surface area contributed by atoms with Crippen LogP contribution in [0.3, 0.4) is 0 Å². The Labute approximate surface area is 117 Å². The minimum absolute atomic E-state index is 0.479. The number of nitrogens with one attached hydrogen (secondary N) is 1. The van der Waals surface area contributed by atoms with Gasteiger partial charge in [0.15, 0.2) is 0 Å². The summed E-state index contributed by atoms with van der Waals surface area (Å²) in [6, 6.07) is 6.29. The topological polar surface area (TPSA) is 28.2 Å². The Morgan fingerprint density at radius 3 is 2.89 bits per heavy atom. The lowest BCUT2D eigenvalue weighted by molar-refractivity contribution is 0.171. The van der Waals surface area contributed by atoms with Gasteiger partial charge in [0.05, 0.1) is 5.69 Å². The number of hydrogen-bond acceptors (Lipinski definition) is 3. The largest absolute Gasteiger partial charge is 0.316 e. The van der Waals surface area contributed by atoms with E-state index in [0.29, 0.717) is 5.41 Å². The molecule has 0 bridgehead atoms. The van der Waals surface area contributed by atoms with Gasteiger partial charge in [0.1, 0.15) is 0 Å². The monoisotopic (exact) mass is 261 g/mol. The Bertz CT molecular complexity index is 397. The predicted octanol–water partition coefficient (Wildman–Crippen LogP) is 2.60. The predicted molar refractivity (Wildman–Crippen MR) is 80.1 cm³/mol. The molecule has 2 heterocycles. The molecule has 3 heteroatoms. The molecule has 0 aliphatic carbocycles. The molecule has 0 spiro atoms. The Morgan fingerprint density at radius 1 is 1.42 bits per heavy atom. The van der Waals surface area contributed by atoms with Crippen molar-refractivity contribution in [2.75, 3.05) is 26.7 Å². The molecule has 1 aromatic heterocycles. The van der Waals surface area contributed by atoms with Crippen LogP contribution in [0.2, 0.25) is 0 Å². The van der Waals surface area contributed by atoms with E-state index in [1.807, 2.05) is 0 Å². The van der Waals surface area contributed by atoms with Crippen LogP contribution in [0.25, 0.3) is 0 Å². The maximum Gasteiger partial charge on any atom is 0.0547 e. The highest BCUT2D eigenvalue weighted by Gasteiger charge is 2.33. The molecule has 1 atom stereocenters. The third-order valence-electron chi connectivity index (χ3n) is 4.10. The fraction of sp³-hybridized carbons (Fsp3) is 0.688. The average molecular weight is 261 g/mol. The molecule has 19 heavy (non-hydrogen) atoms. The van der Waals surface area contributed by atoms with Crippen LogP contribution in [-0.2, 0) is 6.54 Å². The van der Waals surface area contributed by atoms with Crippen molar-refractivity contribution in [3.8, 4) is 0 Å². The van der Waals surface area contributed by atoms with E-state index in [4.69, 9.17) is 0 Å². The molecule has 0 radical (unpaired) electrons. The van der Waals surface area contributed by atoms with Crippen molar-refractivity contribution in [3.05, 3.63) is 29.6 Å². The quantitative estimate of drug-likeness (QED) is 0.853. The fourth-order valence-corrected chi connectivity index (χ4v) is 3.35. The van der Waals surface area contributed by atoms with E-state index in [1.165, 1.54) is 44.6 Å². The van der Waals surface area contributed by atoms with Gasteiger partial charge in [-0.05, 0) is 50.9 Å². The molecule has 1 aliphatic rings. The van der Waals surface area contributed by atoms with Gasteiger partial charge in [0, 0.05) is 25.3 Å². The number of rotatable bonds is 6. The van der Waals surface area contributed by atoms with Crippen molar-refractivity contribution in [3.63, 3.8) is 0 Å². The summed E-state index contributed by atoms with van der Waals surface area (Å²) in [5.41, 5.74) is 2.77. The van der Waals surface area contributed by atoms with E-state index in [9.17, 15) is 0 Å². The van der Waals surface area contributed by atoms with Crippen molar-refractivity contribution in [2.24, 2.45) is 5.41 Å². The second kappa shape index (κ2) is 6.49. The zero-order valence-corrected chi connectivity index (χ0v) is 12.6. The first-order valence-electron chi connectivity index (χ1n) is 7.45. The Kier molecular flexibility index (Phi) is 4.94. The summed E-state index contributed by atoms with van der Waals surface area (Å²) in [5.74, 6) is 0. The van der Waals surface area contributed by atoms with Gasteiger partial charge < -0.3 is 5.32 Å². The summed E-state index contributed by atoms with van der Waals surface area (Å²) in [5, 5.41) is 3.53. The van der Waals surface area contributed by atoms with Crippen LogP contribution in [0, 0.1) is 12.3 Å². The maximum atomic E-state index is 4.60. The van der Waals surface area contributed by atoms with Crippen LogP contribution < -0.4 is 5.32 Å². The van der Waals surface area contributed by atoms with Crippen LogP contribution >= 0.6 is 0 Å². The van der Waals surface area contributed by atoms with Crippen molar-refractivity contribution < 1.29 is 0 Å². The molecule has 3 nitrogen and oxygen atoms in total. The van der Waals surface area contributed by atoms with E-state index < -0.39 is 0 Å². The lowest BCUT2D eigenvalue weighted by Gasteiger charge is -2.32. The first-order valence-corrected chi connectivity index (χ1v) is 7.45. The smallest absolute Gasteiger partial charge is 0.0547 e. The third kappa shape index (κ3) is 4.02.